The lowest BCUT2D eigenvalue weighted by atomic mass is 10.2. The van der Waals surface area contributed by atoms with E-state index in [-0.39, 0.29) is 0 Å². The number of benzene rings is 2. The molecule has 0 saturated heterocycles. The second-order valence-electron chi connectivity index (χ2n) is 5.40. The number of aromatic amines is 1. The second-order valence-corrected chi connectivity index (χ2v) is 5.81. The van der Waals surface area contributed by atoms with Crippen LogP contribution >= 0.6 is 11.6 Å². The van der Waals surface area contributed by atoms with Crippen LogP contribution in [0.3, 0.4) is 0 Å². The van der Waals surface area contributed by atoms with Crippen molar-refractivity contribution in [2.24, 2.45) is 0 Å². The number of aromatic nitrogens is 4. The molecule has 0 aliphatic heterocycles. The van der Waals surface area contributed by atoms with Crippen LogP contribution in [0.25, 0.3) is 16.8 Å². The van der Waals surface area contributed by atoms with Gasteiger partial charge in [-0.2, -0.15) is 4.98 Å². The number of halogens is 1. The minimum absolute atomic E-state index is 0.630. The van der Waals surface area contributed by atoms with Gasteiger partial charge in [-0.25, -0.2) is 9.50 Å². The van der Waals surface area contributed by atoms with Crippen molar-refractivity contribution in [3.8, 4) is 0 Å². The van der Waals surface area contributed by atoms with Gasteiger partial charge >= 0.3 is 0 Å². The molecule has 0 spiro atoms. The molecule has 0 atom stereocenters. The summed E-state index contributed by atoms with van der Waals surface area (Å²) in [4.78, 5) is 8.99. The number of nitrogens with zero attached hydrogens (tertiary/aromatic N) is 3. The maximum atomic E-state index is 6.14. The predicted molar refractivity (Wildman–Crippen MR) is 89.1 cm³/mol. The molecule has 0 radical (unpaired) electrons. The summed E-state index contributed by atoms with van der Waals surface area (Å²) in [6, 6.07) is 12.0. The fourth-order valence-electron chi connectivity index (χ4n) is 2.46. The molecule has 0 amide bonds. The van der Waals surface area contributed by atoms with Crippen LogP contribution in [0.2, 0.25) is 5.02 Å². The first-order valence-electron chi connectivity index (χ1n) is 6.98. The highest BCUT2D eigenvalue weighted by Gasteiger charge is 2.10. The van der Waals surface area contributed by atoms with Gasteiger partial charge in [-0.3, -0.25) is 5.10 Å². The average Bonchev–Trinajstić information content (AvgIpc) is 2.99. The zero-order valence-corrected chi connectivity index (χ0v) is 12.9. The van der Waals surface area contributed by atoms with Crippen LogP contribution in [0.1, 0.15) is 11.1 Å². The smallest absolute Gasteiger partial charge is 0.253 e. The van der Waals surface area contributed by atoms with Gasteiger partial charge in [0.25, 0.3) is 5.78 Å². The first-order valence-corrected chi connectivity index (χ1v) is 7.36. The molecule has 5 nitrogen and oxygen atoms in total. The molecule has 0 aliphatic rings. The average molecular weight is 312 g/mol. The summed E-state index contributed by atoms with van der Waals surface area (Å²) in [5, 5.41) is 7.15. The normalized spacial score (nSPS) is 11.4. The lowest BCUT2D eigenvalue weighted by molar-refractivity contribution is 1.01. The van der Waals surface area contributed by atoms with Crippen LogP contribution < -0.4 is 5.32 Å². The second kappa shape index (κ2) is 4.74. The zero-order chi connectivity index (χ0) is 15.3. The summed E-state index contributed by atoms with van der Waals surface area (Å²) < 4.78 is 1.87. The Hall–Kier alpha value is -2.53. The molecule has 4 rings (SSSR count). The summed E-state index contributed by atoms with van der Waals surface area (Å²) in [7, 11) is 0. The highest BCUT2D eigenvalue weighted by atomic mass is 35.5. The van der Waals surface area contributed by atoms with Gasteiger partial charge in [0.2, 0.25) is 5.95 Å². The van der Waals surface area contributed by atoms with Gasteiger partial charge in [-0.1, -0.05) is 23.7 Å². The number of H-pyrrole nitrogens is 1. The number of hydrogen-bond acceptors (Lipinski definition) is 3. The van der Waals surface area contributed by atoms with Crippen molar-refractivity contribution in [3.63, 3.8) is 0 Å². The van der Waals surface area contributed by atoms with E-state index in [1.165, 1.54) is 5.56 Å². The topological polar surface area (TPSA) is 58.0 Å². The molecule has 4 aromatic rings. The molecule has 2 heterocycles. The SMILES string of the molecule is Cc1ccc2c(c1)nc1nc(Nc3ccc(C)c(Cl)c3)[nH]n12. The molecular formula is C16H14ClN5. The molecule has 0 bridgehead atoms. The highest BCUT2D eigenvalue weighted by Crippen LogP contribution is 2.23. The first-order chi connectivity index (χ1) is 10.6. The molecule has 22 heavy (non-hydrogen) atoms. The van der Waals surface area contributed by atoms with Crippen LogP contribution in [-0.4, -0.2) is 19.6 Å². The zero-order valence-electron chi connectivity index (χ0n) is 12.2. The van der Waals surface area contributed by atoms with Crippen molar-refractivity contribution in [2.45, 2.75) is 13.8 Å². The van der Waals surface area contributed by atoms with E-state index < -0.39 is 0 Å². The molecular weight excluding hydrogens is 298 g/mol. The molecule has 0 fully saturated rings. The first kappa shape index (κ1) is 13.2. The lowest BCUT2D eigenvalue weighted by Crippen LogP contribution is -1.94. The Kier molecular flexibility index (Phi) is 2.84. The minimum atomic E-state index is 0.630. The Labute approximate surface area is 131 Å². The van der Waals surface area contributed by atoms with Gasteiger partial charge in [0.05, 0.1) is 11.0 Å². The van der Waals surface area contributed by atoms with E-state index in [1.54, 1.807) is 0 Å². The number of aryl methyl sites for hydroxylation is 2. The van der Waals surface area contributed by atoms with E-state index in [9.17, 15) is 0 Å². The van der Waals surface area contributed by atoms with Crippen molar-refractivity contribution >= 4 is 40.0 Å². The van der Waals surface area contributed by atoms with Gasteiger partial charge in [0, 0.05) is 10.7 Å². The van der Waals surface area contributed by atoms with Crippen molar-refractivity contribution in [2.75, 3.05) is 5.32 Å². The molecule has 6 heteroatoms. The number of nitrogens with one attached hydrogen (secondary N) is 2. The van der Waals surface area contributed by atoms with Gasteiger partial charge in [0.1, 0.15) is 0 Å². The fraction of sp³-hybridized carbons (Fsp3) is 0.125. The quantitative estimate of drug-likeness (QED) is 0.582. The fourth-order valence-corrected chi connectivity index (χ4v) is 2.64. The Morgan fingerprint density at radius 3 is 2.77 bits per heavy atom. The maximum Gasteiger partial charge on any atom is 0.253 e. The van der Waals surface area contributed by atoms with Crippen molar-refractivity contribution in [1.82, 2.24) is 19.6 Å². The van der Waals surface area contributed by atoms with Gasteiger partial charge in [-0.15, -0.1) is 0 Å². The number of fused-ring (bicyclic) bond motifs is 3. The third-order valence-corrected chi connectivity index (χ3v) is 4.06. The molecule has 110 valence electrons. The molecule has 2 aromatic carbocycles. The van der Waals surface area contributed by atoms with Gasteiger partial charge in [-0.05, 0) is 49.2 Å². The van der Waals surface area contributed by atoms with Crippen LogP contribution in [0.4, 0.5) is 11.6 Å². The predicted octanol–water partition coefficient (Wildman–Crippen LogP) is 4.22. The van der Waals surface area contributed by atoms with Crippen LogP contribution in [-0.2, 0) is 0 Å². The number of imidazole rings is 1. The van der Waals surface area contributed by atoms with Gasteiger partial charge in [0.15, 0.2) is 0 Å². The Balaban J connectivity index is 1.74. The standard InChI is InChI=1S/C16H14ClN5/c1-9-3-6-14-13(7-9)19-16-20-15(21-22(14)16)18-11-5-4-10(2)12(17)8-11/h3-8H,1-2H3,(H2,18,19,20,21). The van der Waals surface area contributed by atoms with E-state index in [0.29, 0.717) is 11.7 Å². The third-order valence-electron chi connectivity index (χ3n) is 3.66. The summed E-state index contributed by atoms with van der Waals surface area (Å²) in [5.41, 5.74) is 5.04. The van der Waals surface area contributed by atoms with Crippen LogP contribution in [0, 0.1) is 13.8 Å². The molecule has 2 N–H and O–H groups in total. The highest BCUT2D eigenvalue weighted by molar-refractivity contribution is 6.31. The maximum absolute atomic E-state index is 6.14. The molecule has 0 saturated carbocycles. The molecule has 0 unspecified atom stereocenters. The Morgan fingerprint density at radius 2 is 1.95 bits per heavy atom. The third kappa shape index (κ3) is 2.10. The van der Waals surface area contributed by atoms with Crippen molar-refractivity contribution in [3.05, 3.63) is 52.5 Å². The summed E-state index contributed by atoms with van der Waals surface area (Å²) in [6.07, 6.45) is 0. The van der Waals surface area contributed by atoms with Crippen molar-refractivity contribution < 1.29 is 0 Å². The van der Waals surface area contributed by atoms with E-state index in [2.05, 4.69) is 33.4 Å². The monoisotopic (exact) mass is 311 g/mol. The van der Waals surface area contributed by atoms with E-state index in [0.717, 1.165) is 27.3 Å². The van der Waals surface area contributed by atoms with Gasteiger partial charge < -0.3 is 5.32 Å². The van der Waals surface area contributed by atoms with Crippen LogP contribution in [0.15, 0.2) is 36.4 Å². The number of anilines is 2. The van der Waals surface area contributed by atoms with Crippen molar-refractivity contribution in [1.29, 1.82) is 0 Å². The van der Waals surface area contributed by atoms with Crippen LogP contribution in [0.5, 0.6) is 0 Å². The number of hydrogen-bond donors (Lipinski definition) is 2. The molecule has 0 aliphatic carbocycles. The Bertz CT molecular complexity index is 999. The largest absolute Gasteiger partial charge is 0.324 e. The van der Waals surface area contributed by atoms with E-state index in [4.69, 9.17) is 11.6 Å². The summed E-state index contributed by atoms with van der Waals surface area (Å²) in [6.45, 7) is 4.02. The van der Waals surface area contributed by atoms with E-state index in [1.807, 2.05) is 41.8 Å². The summed E-state index contributed by atoms with van der Waals surface area (Å²) in [5.74, 6) is 1.27. The summed E-state index contributed by atoms with van der Waals surface area (Å²) >= 11 is 6.14. The van der Waals surface area contributed by atoms with E-state index >= 15 is 0 Å². The number of rotatable bonds is 2. The lowest BCUT2D eigenvalue weighted by Gasteiger charge is -2.04. The minimum Gasteiger partial charge on any atom is -0.324 e. The molecule has 2 aromatic heterocycles. The Morgan fingerprint density at radius 1 is 1.09 bits per heavy atom.